The van der Waals surface area contributed by atoms with E-state index in [1.165, 1.54) is 29.9 Å². The predicted molar refractivity (Wildman–Crippen MR) is 113 cm³/mol. The normalized spacial score (nSPS) is 20.3. The van der Waals surface area contributed by atoms with Crippen molar-refractivity contribution in [1.29, 1.82) is 0 Å². The molecule has 7 nitrogen and oxygen atoms in total. The van der Waals surface area contributed by atoms with Gasteiger partial charge in [-0.1, -0.05) is 0 Å². The summed E-state index contributed by atoms with van der Waals surface area (Å²) in [5.41, 5.74) is 2.98. The van der Waals surface area contributed by atoms with Gasteiger partial charge < -0.3 is 4.98 Å². The van der Waals surface area contributed by atoms with Crippen molar-refractivity contribution in [1.82, 2.24) is 14.7 Å². The molecule has 0 atom stereocenters. The van der Waals surface area contributed by atoms with E-state index in [-0.39, 0.29) is 21.8 Å². The van der Waals surface area contributed by atoms with Gasteiger partial charge in [-0.15, -0.1) is 11.3 Å². The maximum absolute atomic E-state index is 12.8. The molecule has 0 bridgehead atoms. The Hall–Kier alpha value is -1.75. The summed E-state index contributed by atoms with van der Waals surface area (Å²) in [6.45, 7) is 0. The zero-order chi connectivity index (χ0) is 20.2. The molecular formula is C19H21N3O4S3. The standard InChI is InChI=1S/C19H21N3O4S3/c23-28(24)9-6-13(7-10-28)22-29(25,26)18-4-3-17(27-18)14-5-8-20-19-15(14)11-16(21-19)12-1-2-12/h3-5,8,11-13,22H,1-2,6-7,9-10H2,(H,20,21). The number of rotatable bonds is 5. The molecule has 4 heterocycles. The summed E-state index contributed by atoms with van der Waals surface area (Å²) < 4.78 is 51.7. The van der Waals surface area contributed by atoms with Gasteiger partial charge in [0.15, 0.2) is 0 Å². The quantitative estimate of drug-likeness (QED) is 0.620. The Kier molecular flexibility index (Phi) is 4.57. The number of aromatic amines is 1. The molecule has 2 N–H and O–H groups in total. The first-order valence-corrected chi connectivity index (χ1v) is 13.7. The third-order valence-corrected chi connectivity index (χ3v) is 10.4. The monoisotopic (exact) mass is 451 g/mol. The number of hydrogen-bond acceptors (Lipinski definition) is 6. The van der Waals surface area contributed by atoms with Crippen LogP contribution >= 0.6 is 11.3 Å². The van der Waals surface area contributed by atoms with Crippen molar-refractivity contribution in [2.45, 2.75) is 41.9 Å². The Balaban J connectivity index is 1.41. The molecule has 0 unspecified atom stereocenters. The summed E-state index contributed by atoms with van der Waals surface area (Å²) in [7, 11) is -6.72. The van der Waals surface area contributed by atoms with Crippen molar-refractivity contribution < 1.29 is 16.8 Å². The Bertz CT molecular complexity index is 1270. The van der Waals surface area contributed by atoms with E-state index in [0.717, 1.165) is 21.5 Å². The predicted octanol–water partition coefficient (Wildman–Crippen LogP) is 3.02. The van der Waals surface area contributed by atoms with E-state index in [1.807, 2.05) is 12.1 Å². The average molecular weight is 452 g/mol. The zero-order valence-corrected chi connectivity index (χ0v) is 18.0. The van der Waals surface area contributed by atoms with Gasteiger partial charge in [0.1, 0.15) is 19.7 Å². The lowest BCUT2D eigenvalue weighted by atomic mass is 10.1. The van der Waals surface area contributed by atoms with Crippen molar-refractivity contribution in [3.8, 4) is 10.4 Å². The fourth-order valence-corrected chi connectivity index (χ4v) is 7.93. The molecule has 154 valence electrons. The molecule has 1 aliphatic carbocycles. The largest absolute Gasteiger partial charge is 0.343 e. The topological polar surface area (TPSA) is 109 Å². The number of pyridine rings is 1. The first kappa shape index (κ1) is 19.2. The molecule has 0 spiro atoms. The van der Waals surface area contributed by atoms with E-state index in [2.05, 4.69) is 20.8 Å². The minimum atomic E-state index is -3.69. The highest BCUT2D eigenvalue weighted by atomic mass is 32.2. The molecule has 2 aliphatic rings. The number of sulfonamides is 1. The van der Waals surface area contributed by atoms with Crippen LogP contribution in [0.25, 0.3) is 21.5 Å². The van der Waals surface area contributed by atoms with E-state index >= 15 is 0 Å². The van der Waals surface area contributed by atoms with E-state index in [4.69, 9.17) is 0 Å². The smallest absolute Gasteiger partial charge is 0.250 e. The molecule has 1 saturated carbocycles. The molecule has 3 aromatic heterocycles. The molecular weight excluding hydrogens is 430 g/mol. The van der Waals surface area contributed by atoms with Gasteiger partial charge in [0.05, 0.1) is 11.5 Å². The lowest BCUT2D eigenvalue weighted by Crippen LogP contribution is -2.40. The van der Waals surface area contributed by atoms with Gasteiger partial charge in [0, 0.05) is 33.8 Å². The molecule has 0 aromatic carbocycles. The summed E-state index contributed by atoms with van der Waals surface area (Å²) in [5.74, 6) is 0.642. The minimum Gasteiger partial charge on any atom is -0.343 e. The third-order valence-electron chi connectivity index (χ3n) is 5.56. The van der Waals surface area contributed by atoms with Crippen LogP contribution < -0.4 is 4.72 Å². The van der Waals surface area contributed by atoms with E-state index in [9.17, 15) is 16.8 Å². The number of aromatic nitrogens is 2. The molecule has 1 saturated heterocycles. The maximum atomic E-state index is 12.8. The molecule has 0 radical (unpaired) electrons. The van der Waals surface area contributed by atoms with Gasteiger partial charge in [0.25, 0.3) is 0 Å². The number of H-pyrrole nitrogens is 1. The lowest BCUT2D eigenvalue weighted by Gasteiger charge is -2.22. The first-order valence-electron chi connectivity index (χ1n) is 9.61. The number of hydrogen-bond donors (Lipinski definition) is 2. The van der Waals surface area contributed by atoms with Crippen molar-refractivity contribution in [2.75, 3.05) is 11.5 Å². The number of nitrogens with one attached hydrogen (secondary N) is 2. The van der Waals surface area contributed by atoms with Gasteiger partial charge in [-0.2, -0.15) is 0 Å². The summed E-state index contributed by atoms with van der Waals surface area (Å²) in [5, 5.41) is 1.01. The SMILES string of the molecule is O=S1(=O)CCC(NS(=O)(=O)c2ccc(-c3ccnc4[nH]c(C5CC5)cc34)s2)CC1. The van der Waals surface area contributed by atoms with Crippen molar-refractivity contribution in [3.05, 3.63) is 36.2 Å². The van der Waals surface area contributed by atoms with Crippen LogP contribution in [0.3, 0.4) is 0 Å². The Morgan fingerprint density at radius 1 is 1.10 bits per heavy atom. The Morgan fingerprint density at radius 3 is 2.59 bits per heavy atom. The van der Waals surface area contributed by atoms with Crippen LogP contribution in [0, 0.1) is 0 Å². The van der Waals surface area contributed by atoms with Crippen LogP contribution in [0.2, 0.25) is 0 Å². The highest BCUT2D eigenvalue weighted by molar-refractivity contribution is 7.92. The van der Waals surface area contributed by atoms with E-state index in [0.29, 0.717) is 18.8 Å². The summed E-state index contributed by atoms with van der Waals surface area (Å²) in [6.07, 6.45) is 4.75. The number of fused-ring (bicyclic) bond motifs is 1. The van der Waals surface area contributed by atoms with Crippen LogP contribution in [0.5, 0.6) is 0 Å². The Morgan fingerprint density at radius 2 is 1.86 bits per heavy atom. The number of sulfone groups is 1. The van der Waals surface area contributed by atoms with Crippen molar-refractivity contribution in [2.24, 2.45) is 0 Å². The molecule has 29 heavy (non-hydrogen) atoms. The molecule has 0 amide bonds. The van der Waals surface area contributed by atoms with Gasteiger partial charge in [0.2, 0.25) is 10.0 Å². The fourth-order valence-electron chi connectivity index (χ4n) is 3.77. The fraction of sp³-hybridized carbons (Fsp3) is 0.421. The van der Waals surface area contributed by atoms with E-state index < -0.39 is 19.9 Å². The average Bonchev–Trinajstić information content (AvgIpc) is 3.23. The van der Waals surface area contributed by atoms with Gasteiger partial charge in [-0.05, 0) is 55.9 Å². The molecule has 1 aliphatic heterocycles. The van der Waals surface area contributed by atoms with Crippen LogP contribution in [-0.4, -0.2) is 44.4 Å². The molecule has 5 rings (SSSR count). The van der Waals surface area contributed by atoms with Crippen molar-refractivity contribution >= 4 is 42.2 Å². The second-order valence-electron chi connectivity index (χ2n) is 7.79. The Labute approximate surface area is 173 Å². The van der Waals surface area contributed by atoms with E-state index in [1.54, 1.807) is 12.3 Å². The first-order chi connectivity index (χ1) is 13.8. The third kappa shape index (κ3) is 3.86. The van der Waals surface area contributed by atoms with Crippen molar-refractivity contribution in [3.63, 3.8) is 0 Å². The molecule has 2 fully saturated rings. The molecule has 3 aromatic rings. The van der Waals surface area contributed by atoms with Crippen LogP contribution in [-0.2, 0) is 19.9 Å². The second kappa shape index (κ2) is 6.90. The summed E-state index contributed by atoms with van der Waals surface area (Å²) in [4.78, 5) is 8.66. The van der Waals surface area contributed by atoms with Gasteiger partial charge in [-0.3, -0.25) is 0 Å². The highest BCUT2D eigenvalue weighted by Crippen LogP contribution is 2.42. The molecule has 10 heteroatoms. The van der Waals surface area contributed by atoms with Crippen LogP contribution in [0.15, 0.2) is 34.7 Å². The number of nitrogens with zero attached hydrogens (tertiary/aromatic N) is 1. The minimum absolute atomic E-state index is 0.0295. The zero-order valence-electron chi connectivity index (χ0n) is 15.6. The van der Waals surface area contributed by atoms with Crippen LogP contribution in [0.1, 0.15) is 37.3 Å². The van der Waals surface area contributed by atoms with Gasteiger partial charge >= 0.3 is 0 Å². The summed E-state index contributed by atoms with van der Waals surface area (Å²) >= 11 is 1.22. The lowest BCUT2D eigenvalue weighted by molar-refractivity contribution is 0.506. The number of thiophene rings is 1. The van der Waals surface area contributed by atoms with Gasteiger partial charge in [-0.25, -0.2) is 26.5 Å². The maximum Gasteiger partial charge on any atom is 0.250 e. The second-order valence-corrected chi connectivity index (χ2v) is 13.1. The van der Waals surface area contributed by atoms with Crippen LogP contribution in [0.4, 0.5) is 0 Å². The summed E-state index contributed by atoms with van der Waals surface area (Å²) in [6, 6.07) is 7.14. The highest BCUT2D eigenvalue weighted by Gasteiger charge is 2.29.